The van der Waals surface area contributed by atoms with E-state index in [-0.39, 0.29) is 4.90 Å². The maximum Gasteiger partial charge on any atom is 0.402 e. The molecule has 1 aromatic rings. The number of aromatic nitrogens is 1. The Morgan fingerprint density at radius 1 is 1.37 bits per heavy atom. The molecule has 0 aromatic carbocycles. The summed E-state index contributed by atoms with van der Waals surface area (Å²) in [6.45, 7) is 1.47. The highest BCUT2D eigenvalue weighted by atomic mass is 32.2. The summed E-state index contributed by atoms with van der Waals surface area (Å²) < 4.78 is 62.5. The van der Waals surface area contributed by atoms with Crippen molar-refractivity contribution in [3.63, 3.8) is 0 Å². The van der Waals surface area contributed by atoms with E-state index >= 15 is 0 Å². The Hall–Kier alpha value is -1.06. The Kier molecular flexibility index (Phi) is 4.99. The summed E-state index contributed by atoms with van der Waals surface area (Å²) in [5.74, 6) is 0. The molecule has 5 nitrogen and oxygen atoms in total. The Labute approximate surface area is 109 Å². The first-order chi connectivity index (χ1) is 8.65. The molecule has 19 heavy (non-hydrogen) atoms. The predicted molar refractivity (Wildman–Crippen MR) is 64.0 cm³/mol. The van der Waals surface area contributed by atoms with Gasteiger partial charge in [-0.1, -0.05) is 6.92 Å². The van der Waals surface area contributed by atoms with Crippen molar-refractivity contribution in [2.45, 2.75) is 24.5 Å². The standard InChI is InChI=1S/C10H16F3N3O2S/c1-3-14-5-8-4-9(6-16(8)2)19(17,18)15-7-10(11,12)13/h4,6,14-15H,3,5,7H2,1-2H3. The second-order valence-corrected chi connectivity index (χ2v) is 5.77. The van der Waals surface area contributed by atoms with Gasteiger partial charge in [0, 0.05) is 25.5 Å². The quantitative estimate of drug-likeness (QED) is 0.823. The minimum absolute atomic E-state index is 0.174. The summed E-state index contributed by atoms with van der Waals surface area (Å²) in [5.41, 5.74) is 0.675. The summed E-state index contributed by atoms with van der Waals surface area (Å²) in [4.78, 5) is -0.174. The van der Waals surface area contributed by atoms with Gasteiger partial charge < -0.3 is 9.88 Å². The molecular weight excluding hydrogens is 283 g/mol. The van der Waals surface area contributed by atoms with E-state index in [0.29, 0.717) is 18.8 Å². The third-order valence-electron chi connectivity index (χ3n) is 2.41. The molecule has 0 aliphatic rings. The van der Waals surface area contributed by atoms with Crippen LogP contribution < -0.4 is 10.0 Å². The largest absolute Gasteiger partial charge is 0.402 e. The lowest BCUT2D eigenvalue weighted by Gasteiger charge is -2.07. The fraction of sp³-hybridized carbons (Fsp3) is 0.600. The van der Waals surface area contributed by atoms with Crippen molar-refractivity contribution in [2.24, 2.45) is 7.05 Å². The van der Waals surface area contributed by atoms with E-state index in [1.807, 2.05) is 6.92 Å². The molecule has 0 spiro atoms. The molecule has 0 fully saturated rings. The lowest BCUT2D eigenvalue weighted by molar-refractivity contribution is -0.121. The topological polar surface area (TPSA) is 63.1 Å². The number of sulfonamides is 1. The summed E-state index contributed by atoms with van der Waals surface area (Å²) in [6.07, 6.45) is -3.29. The zero-order valence-electron chi connectivity index (χ0n) is 10.6. The highest BCUT2D eigenvalue weighted by Crippen LogP contribution is 2.17. The van der Waals surface area contributed by atoms with E-state index in [0.717, 1.165) is 0 Å². The van der Waals surface area contributed by atoms with Crippen LogP contribution in [0.5, 0.6) is 0 Å². The molecule has 0 aliphatic carbocycles. The summed E-state index contributed by atoms with van der Waals surface area (Å²) in [7, 11) is -2.50. The van der Waals surface area contributed by atoms with Gasteiger partial charge in [-0.15, -0.1) is 0 Å². The molecule has 9 heteroatoms. The van der Waals surface area contributed by atoms with Gasteiger partial charge in [-0.05, 0) is 12.6 Å². The van der Waals surface area contributed by atoms with E-state index < -0.39 is 22.7 Å². The molecule has 0 aliphatic heterocycles. The molecule has 0 saturated heterocycles. The number of alkyl halides is 3. The van der Waals surface area contributed by atoms with Crippen molar-refractivity contribution < 1.29 is 21.6 Å². The Bertz CT molecular complexity index is 523. The fourth-order valence-electron chi connectivity index (χ4n) is 1.41. The van der Waals surface area contributed by atoms with Crippen LogP contribution in [0.15, 0.2) is 17.2 Å². The van der Waals surface area contributed by atoms with Gasteiger partial charge in [0.2, 0.25) is 10.0 Å². The van der Waals surface area contributed by atoms with Crippen molar-refractivity contribution in [3.8, 4) is 0 Å². The molecule has 2 N–H and O–H groups in total. The Balaban J connectivity index is 2.84. The van der Waals surface area contributed by atoms with Gasteiger partial charge >= 0.3 is 6.18 Å². The van der Waals surface area contributed by atoms with Crippen LogP contribution in [0.1, 0.15) is 12.6 Å². The molecule has 0 saturated carbocycles. The zero-order chi connectivity index (χ0) is 14.7. The predicted octanol–water partition coefficient (Wildman–Crippen LogP) is 0.975. The second-order valence-electron chi connectivity index (χ2n) is 4.00. The first-order valence-electron chi connectivity index (χ1n) is 5.58. The average Bonchev–Trinajstić information content (AvgIpc) is 2.65. The van der Waals surface area contributed by atoms with E-state index in [1.165, 1.54) is 17.0 Å². The molecule has 0 unspecified atom stereocenters. The lowest BCUT2D eigenvalue weighted by atomic mass is 10.4. The van der Waals surface area contributed by atoms with Crippen LogP contribution in [-0.4, -0.2) is 32.3 Å². The monoisotopic (exact) mass is 299 g/mol. The number of nitrogens with one attached hydrogen (secondary N) is 2. The van der Waals surface area contributed by atoms with E-state index in [9.17, 15) is 21.6 Å². The van der Waals surface area contributed by atoms with E-state index in [2.05, 4.69) is 5.32 Å². The molecule has 110 valence electrons. The van der Waals surface area contributed by atoms with Crippen LogP contribution in [-0.2, 0) is 23.6 Å². The van der Waals surface area contributed by atoms with Crippen LogP contribution in [0.25, 0.3) is 0 Å². The van der Waals surface area contributed by atoms with Gasteiger partial charge in [-0.25, -0.2) is 13.1 Å². The van der Waals surface area contributed by atoms with Gasteiger partial charge in [0.25, 0.3) is 0 Å². The number of halogens is 3. The molecule has 0 atom stereocenters. The number of aryl methyl sites for hydroxylation is 1. The highest BCUT2D eigenvalue weighted by Gasteiger charge is 2.30. The molecule has 0 bridgehead atoms. The normalized spacial score (nSPS) is 12.9. The van der Waals surface area contributed by atoms with Gasteiger partial charge in [-0.3, -0.25) is 0 Å². The average molecular weight is 299 g/mol. The zero-order valence-corrected chi connectivity index (χ0v) is 11.4. The Morgan fingerprint density at radius 3 is 2.53 bits per heavy atom. The third-order valence-corrected chi connectivity index (χ3v) is 3.78. The summed E-state index contributed by atoms with van der Waals surface area (Å²) >= 11 is 0. The minimum atomic E-state index is -4.57. The van der Waals surface area contributed by atoms with Crippen molar-refractivity contribution in [2.75, 3.05) is 13.1 Å². The van der Waals surface area contributed by atoms with Crippen molar-refractivity contribution >= 4 is 10.0 Å². The number of hydrogen-bond donors (Lipinski definition) is 2. The van der Waals surface area contributed by atoms with Crippen molar-refractivity contribution in [1.29, 1.82) is 0 Å². The molecule has 0 radical (unpaired) electrons. The number of hydrogen-bond acceptors (Lipinski definition) is 3. The third kappa shape index (κ3) is 4.84. The molecule has 0 amide bonds. The minimum Gasteiger partial charge on any atom is -0.352 e. The summed E-state index contributed by atoms with van der Waals surface area (Å²) in [6, 6.07) is 1.35. The maximum atomic E-state index is 12.0. The summed E-state index contributed by atoms with van der Waals surface area (Å²) in [5, 5.41) is 3.01. The van der Waals surface area contributed by atoms with Gasteiger partial charge in [0.1, 0.15) is 6.54 Å². The van der Waals surface area contributed by atoms with Crippen LogP contribution >= 0.6 is 0 Å². The van der Waals surface area contributed by atoms with Crippen LogP contribution in [0.3, 0.4) is 0 Å². The number of rotatable bonds is 6. The van der Waals surface area contributed by atoms with Gasteiger partial charge in [0.15, 0.2) is 0 Å². The van der Waals surface area contributed by atoms with Gasteiger partial charge in [0.05, 0.1) is 4.90 Å². The SMILES string of the molecule is CCNCc1cc(S(=O)(=O)NCC(F)(F)F)cn1C. The number of nitrogens with zero attached hydrogens (tertiary/aromatic N) is 1. The van der Waals surface area contributed by atoms with Crippen LogP contribution in [0, 0.1) is 0 Å². The Morgan fingerprint density at radius 2 is 2.00 bits per heavy atom. The molecule has 1 rings (SSSR count). The molecule has 1 aromatic heterocycles. The first kappa shape index (κ1) is 16.0. The molecule has 1 heterocycles. The van der Waals surface area contributed by atoms with Crippen LogP contribution in [0.4, 0.5) is 13.2 Å². The fourth-order valence-corrected chi connectivity index (χ4v) is 2.52. The maximum absolute atomic E-state index is 12.0. The van der Waals surface area contributed by atoms with E-state index in [1.54, 1.807) is 11.6 Å². The van der Waals surface area contributed by atoms with Crippen LogP contribution in [0.2, 0.25) is 0 Å². The second kappa shape index (κ2) is 5.93. The van der Waals surface area contributed by atoms with Crippen molar-refractivity contribution in [3.05, 3.63) is 18.0 Å². The van der Waals surface area contributed by atoms with Gasteiger partial charge in [-0.2, -0.15) is 13.2 Å². The molecular formula is C10H16F3N3O2S. The highest BCUT2D eigenvalue weighted by molar-refractivity contribution is 7.89. The smallest absolute Gasteiger partial charge is 0.352 e. The first-order valence-corrected chi connectivity index (χ1v) is 7.06. The van der Waals surface area contributed by atoms with Crippen molar-refractivity contribution in [1.82, 2.24) is 14.6 Å². The van der Waals surface area contributed by atoms with E-state index in [4.69, 9.17) is 0 Å². The lowest BCUT2D eigenvalue weighted by Crippen LogP contribution is -2.33.